The maximum atomic E-state index is 13.6. The third-order valence-corrected chi connectivity index (χ3v) is 4.55. The molecule has 25 heavy (non-hydrogen) atoms. The second-order valence-electron chi connectivity index (χ2n) is 6.36. The van der Waals surface area contributed by atoms with Crippen LogP contribution in [0.5, 0.6) is 0 Å². The number of pyridine rings is 1. The van der Waals surface area contributed by atoms with E-state index in [4.69, 9.17) is 0 Å². The molecule has 0 radical (unpaired) electrons. The average molecular weight is 341 g/mol. The summed E-state index contributed by atoms with van der Waals surface area (Å²) in [5.74, 6) is -0.652. The van der Waals surface area contributed by atoms with Crippen LogP contribution < -0.4 is 5.32 Å². The Bertz CT molecular complexity index is 792. The molecule has 0 bridgehead atoms. The number of nitrogens with zero attached hydrogens (tertiary/aromatic N) is 2. The molecular weight excluding hydrogens is 321 g/mol. The van der Waals surface area contributed by atoms with Crippen molar-refractivity contribution in [3.05, 3.63) is 59.5 Å². The van der Waals surface area contributed by atoms with Gasteiger partial charge in [-0.05, 0) is 42.7 Å². The molecular formula is C19H20FN3O2. The van der Waals surface area contributed by atoms with Crippen molar-refractivity contribution in [3.8, 4) is 0 Å². The first-order chi connectivity index (χ1) is 12.0. The number of piperidine rings is 1. The van der Waals surface area contributed by atoms with Gasteiger partial charge in [-0.25, -0.2) is 9.37 Å². The Kier molecular flexibility index (Phi) is 4.79. The van der Waals surface area contributed by atoms with Gasteiger partial charge in [0.05, 0.1) is 12.0 Å². The van der Waals surface area contributed by atoms with Gasteiger partial charge in [0, 0.05) is 19.7 Å². The first kappa shape index (κ1) is 17.1. The molecule has 2 amide bonds. The average Bonchev–Trinajstić information content (AvgIpc) is 2.59. The number of hydrogen-bond donors (Lipinski definition) is 1. The number of rotatable bonds is 3. The Morgan fingerprint density at radius 2 is 2.12 bits per heavy atom. The molecule has 0 saturated carbocycles. The normalized spacial score (nSPS) is 20.4. The van der Waals surface area contributed by atoms with E-state index >= 15 is 0 Å². The largest absolute Gasteiger partial charge is 0.338 e. The van der Waals surface area contributed by atoms with E-state index in [1.165, 1.54) is 17.0 Å². The van der Waals surface area contributed by atoms with Crippen molar-refractivity contribution in [3.63, 3.8) is 0 Å². The van der Waals surface area contributed by atoms with E-state index in [0.29, 0.717) is 24.2 Å². The maximum absolute atomic E-state index is 13.6. The third kappa shape index (κ3) is 3.68. The Balaban J connectivity index is 1.87. The molecule has 1 saturated heterocycles. The molecule has 3 rings (SSSR count). The lowest BCUT2D eigenvalue weighted by molar-refractivity contribution is -0.140. The van der Waals surface area contributed by atoms with Crippen LogP contribution in [-0.2, 0) is 9.59 Å². The van der Waals surface area contributed by atoms with Crippen LogP contribution in [0.25, 0.3) is 0 Å². The SMILES string of the molecule is Cc1ccc(NC(=O)[C@@H]2CCC(=O)N(C)[C@H]2c2cccc(F)c2)nc1. The van der Waals surface area contributed by atoms with Crippen molar-refractivity contribution in [1.29, 1.82) is 0 Å². The summed E-state index contributed by atoms with van der Waals surface area (Å²) in [4.78, 5) is 30.6. The molecule has 2 aromatic rings. The number of benzene rings is 1. The molecule has 2 heterocycles. The van der Waals surface area contributed by atoms with Crippen LogP contribution in [0.3, 0.4) is 0 Å². The highest BCUT2D eigenvalue weighted by Gasteiger charge is 2.39. The van der Waals surface area contributed by atoms with Gasteiger partial charge in [-0.1, -0.05) is 18.2 Å². The summed E-state index contributed by atoms with van der Waals surface area (Å²) >= 11 is 0. The number of amides is 2. The number of aromatic nitrogens is 1. The molecule has 1 aliphatic heterocycles. The fourth-order valence-electron chi connectivity index (χ4n) is 3.22. The predicted molar refractivity (Wildman–Crippen MR) is 92.2 cm³/mol. The maximum Gasteiger partial charge on any atom is 0.231 e. The Morgan fingerprint density at radius 1 is 1.32 bits per heavy atom. The van der Waals surface area contributed by atoms with Crippen molar-refractivity contribution in [2.24, 2.45) is 5.92 Å². The predicted octanol–water partition coefficient (Wildman–Crippen LogP) is 3.08. The standard InChI is InChI=1S/C19H20FN3O2/c1-12-6-8-16(21-11-12)22-19(25)15-7-9-17(24)23(2)18(15)13-4-3-5-14(20)10-13/h3-6,8,10-11,15,18H,7,9H2,1-2H3,(H,21,22,25)/t15-,18+/m1/s1. The van der Waals surface area contributed by atoms with Crippen molar-refractivity contribution in [2.45, 2.75) is 25.8 Å². The van der Waals surface area contributed by atoms with Crippen LogP contribution >= 0.6 is 0 Å². The minimum Gasteiger partial charge on any atom is -0.338 e. The summed E-state index contributed by atoms with van der Waals surface area (Å²) in [6.07, 6.45) is 2.39. The second kappa shape index (κ2) is 7.01. The fraction of sp³-hybridized carbons (Fsp3) is 0.316. The van der Waals surface area contributed by atoms with Gasteiger partial charge in [0.15, 0.2) is 0 Å². The molecule has 6 heteroatoms. The molecule has 1 N–H and O–H groups in total. The molecule has 0 aliphatic carbocycles. The Morgan fingerprint density at radius 3 is 2.80 bits per heavy atom. The number of halogens is 1. The van der Waals surface area contributed by atoms with Crippen molar-refractivity contribution < 1.29 is 14.0 Å². The third-order valence-electron chi connectivity index (χ3n) is 4.55. The molecule has 0 unspecified atom stereocenters. The van der Waals surface area contributed by atoms with Gasteiger partial charge in [0.2, 0.25) is 11.8 Å². The summed E-state index contributed by atoms with van der Waals surface area (Å²) in [6, 6.07) is 9.17. The molecule has 0 spiro atoms. The zero-order chi connectivity index (χ0) is 18.0. The summed E-state index contributed by atoms with van der Waals surface area (Å²) in [5.41, 5.74) is 1.62. The smallest absolute Gasteiger partial charge is 0.231 e. The number of carbonyl (C=O) groups is 2. The van der Waals surface area contributed by atoms with Gasteiger partial charge in [-0.15, -0.1) is 0 Å². The molecule has 1 aromatic heterocycles. The van der Waals surface area contributed by atoms with Gasteiger partial charge in [-0.3, -0.25) is 9.59 Å². The number of carbonyl (C=O) groups excluding carboxylic acids is 2. The summed E-state index contributed by atoms with van der Waals surface area (Å²) in [6.45, 7) is 1.92. The number of anilines is 1. The number of aryl methyl sites for hydroxylation is 1. The van der Waals surface area contributed by atoms with E-state index in [1.54, 1.807) is 31.4 Å². The number of hydrogen-bond acceptors (Lipinski definition) is 3. The first-order valence-corrected chi connectivity index (χ1v) is 8.20. The van der Waals surface area contributed by atoms with Crippen LogP contribution in [0.2, 0.25) is 0 Å². The van der Waals surface area contributed by atoms with E-state index < -0.39 is 12.0 Å². The minimum atomic E-state index is -0.498. The van der Waals surface area contributed by atoms with Gasteiger partial charge in [0.25, 0.3) is 0 Å². The zero-order valence-corrected chi connectivity index (χ0v) is 14.2. The summed E-state index contributed by atoms with van der Waals surface area (Å²) < 4.78 is 13.6. The monoisotopic (exact) mass is 341 g/mol. The highest BCUT2D eigenvalue weighted by molar-refractivity contribution is 5.94. The highest BCUT2D eigenvalue weighted by Crippen LogP contribution is 2.36. The van der Waals surface area contributed by atoms with Crippen molar-refractivity contribution in [2.75, 3.05) is 12.4 Å². The van der Waals surface area contributed by atoms with Crippen molar-refractivity contribution >= 4 is 17.6 Å². The van der Waals surface area contributed by atoms with Gasteiger partial charge in [-0.2, -0.15) is 0 Å². The van der Waals surface area contributed by atoms with E-state index in [2.05, 4.69) is 10.3 Å². The lowest BCUT2D eigenvalue weighted by Crippen LogP contribution is -2.44. The molecule has 5 nitrogen and oxygen atoms in total. The van der Waals surface area contributed by atoms with E-state index in [9.17, 15) is 14.0 Å². The second-order valence-corrected chi connectivity index (χ2v) is 6.36. The molecule has 1 aliphatic rings. The van der Waals surface area contributed by atoms with E-state index in [0.717, 1.165) is 5.56 Å². The molecule has 1 fully saturated rings. The van der Waals surface area contributed by atoms with Gasteiger partial charge in [0.1, 0.15) is 11.6 Å². The minimum absolute atomic E-state index is 0.0493. The quantitative estimate of drug-likeness (QED) is 0.933. The highest BCUT2D eigenvalue weighted by atomic mass is 19.1. The molecule has 2 atom stereocenters. The zero-order valence-electron chi connectivity index (χ0n) is 14.2. The summed E-state index contributed by atoms with van der Waals surface area (Å²) in [5, 5.41) is 2.81. The molecule has 1 aromatic carbocycles. The Labute approximate surface area is 145 Å². The summed E-state index contributed by atoms with van der Waals surface area (Å²) in [7, 11) is 1.65. The van der Waals surface area contributed by atoms with Crippen LogP contribution in [0.15, 0.2) is 42.6 Å². The lowest BCUT2D eigenvalue weighted by atomic mass is 9.84. The van der Waals surface area contributed by atoms with Crippen LogP contribution in [0.1, 0.15) is 30.0 Å². The lowest BCUT2D eigenvalue weighted by Gasteiger charge is -2.38. The van der Waals surface area contributed by atoms with Crippen LogP contribution in [-0.4, -0.2) is 28.7 Å². The number of likely N-dealkylation sites (tertiary alicyclic amines) is 1. The number of nitrogens with one attached hydrogen (secondary N) is 1. The van der Waals surface area contributed by atoms with Crippen molar-refractivity contribution in [1.82, 2.24) is 9.88 Å². The van der Waals surface area contributed by atoms with E-state index in [-0.39, 0.29) is 17.6 Å². The Hall–Kier alpha value is -2.76. The van der Waals surface area contributed by atoms with Gasteiger partial charge < -0.3 is 10.2 Å². The van der Waals surface area contributed by atoms with Crippen LogP contribution in [0, 0.1) is 18.7 Å². The fourth-order valence-corrected chi connectivity index (χ4v) is 3.22. The van der Waals surface area contributed by atoms with Crippen LogP contribution in [0.4, 0.5) is 10.2 Å². The first-order valence-electron chi connectivity index (χ1n) is 8.20. The molecule has 130 valence electrons. The van der Waals surface area contributed by atoms with Gasteiger partial charge >= 0.3 is 0 Å². The van der Waals surface area contributed by atoms with E-state index in [1.807, 2.05) is 13.0 Å². The topological polar surface area (TPSA) is 62.3 Å².